The van der Waals surface area contributed by atoms with Crippen molar-refractivity contribution >= 4 is 11.6 Å². The van der Waals surface area contributed by atoms with Crippen molar-refractivity contribution in [2.75, 3.05) is 6.54 Å². The lowest BCUT2D eigenvalue weighted by Gasteiger charge is -2.37. The summed E-state index contributed by atoms with van der Waals surface area (Å²) in [4.78, 5) is 0. The van der Waals surface area contributed by atoms with Crippen LogP contribution in [0.15, 0.2) is 18.2 Å². The minimum absolute atomic E-state index is 0.0198. The van der Waals surface area contributed by atoms with Gasteiger partial charge < -0.3 is 10.8 Å². The Morgan fingerprint density at radius 1 is 1.25 bits per heavy atom. The summed E-state index contributed by atoms with van der Waals surface area (Å²) in [5.41, 5.74) is 6.95. The van der Waals surface area contributed by atoms with Crippen LogP contribution >= 0.6 is 11.6 Å². The lowest BCUT2D eigenvalue weighted by molar-refractivity contribution is 0.300. The van der Waals surface area contributed by atoms with Crippen molar-refractivity contribution < 1.29 is 5.11 Å². The number of hydrogen-bond acceptors (Lipinski definition) is 2. The molecular weight excluding hydrogens is 222 g/mol. The van der Waals surface area contributed by atoms with Gasteiger partial charge in [-0.15, -0.1) is 0 Å². The van der Waals surface area contributed by atoms with Crippen molar-refractivity contribution in [3.63, 3.8) is 0 Å². The van der Waals surface area contributed by atoms with Crippen LogP contribution in [0.5, 0.6) is 5.75 Å². The molecule has 1 aromatic rings. The van der Waals surface area contributed by atoms with Crippen LogP contribution in [0.4, 0.5) is 0 Å². The van der Waals surface area contributed by atoms with Crippen molar-refractivity contribution in [1.82, 2.24) is 0 Å². The summed E-state index contributed by atoms with van der Waals surface area (Å²) in [5.74, 6) is 0.276. The third-order valence-electron chi connectivity index (χ3n) is 3.72. The van der Waals surface area contributed by atoms with Crippen LogP contribution < -0.4 is 5.73 Å². The summed E-state index contributed by atoms with van der Waals surface area (Å²) in [7, 11) is 0. The van der Waals surface area contributed by atoms with Gasteiger partial charge in [0.1, 0.15) is 5.75 Å². The zero-order chi connectivity index (χ0) is 11.6. The highest BCUT2D eigenvalue weighted by Crippen LogP contribution is 2.42. The van der Waals surface area contributed by atoms with Gasteiger partial charge in [0.25, 0.3) is 0 Å². The first-order valence-corrected chi connectivity index (χ1v) is 6.25. The topological polar surface area (TPSA) is 46.2 Å². The van der Waals surface area contributed by atoms with Gasteiger partial charge in [0.2, 0.25) is 0 Å². The summed E-state index contributed by atoms with van der Waals surface area (Å²) in [6.45, 7) is 0.607. The molecule has 88 valence electrons. The van der Waals surface area contributed by atoms with Gasteiger partial charge in [-0.1, -0.05) is 30.9 Å². The third kappa shape index (κ3) is 2.04. The molecule has 0 aromatic heterocycles. The molecule has 1 aromatic carbocycles. The van der Waals surface area contributed by atoms with Crippen molar-refractivity contribution in [1.29, 1.82) is 0 Å². The number of benzene rings is 1. The Balaban J connectivity index is 2.42. The molecule has 0 spiro atoms. The maximum Gasteiger partial charge on any atom is 0.115 e. The second-order valence-electron chi connectivity index (χ2n) is 4.71. The SMILES string of the molecule is NCC1(c2cc(O)ccc2Cl)CCCCC1. The number of phenolic OH excluding ortho intramolecular Hbond substituents is 1. The minimum Gasteiger partial charge on any atom is -0.508 e. The van der Waals surface area contributed by atoms with Gasteiger partial charge >= 0.3 is 0 Å². The highest BCUT2D eigenvalue weighted by molar-refractivity contribution is 6.31. The van der Waals surface area contributed by atoms with Crippen LogP contribution in [-0.2, 0) is 5.41 Å². The fourth-order valence-electron chi connectivity index (χ4n) is 2.73. The zero-order valence-corrected chi connectivity index (χ0v) is 10.1. The minimum atomic E-state index is -0.0198. The summed E-state index contributed by atoms with van der Waals surface area (Å²) in [5, 5.41) is 10.3. The molecule has 1 aliphatic rings. The number of hydrogen-bond donors (Lipinski definition) is 2. The van der Waals surface area contributed by atoms with Gasteiger partial charge in [0.05, 0.1) is 0 Å². The molecule has 0 amide bonds. The molecule has 0 heterocycles. The smallest absolute Gasteiger partial charge is 0.115 e. The van der Waals surface area contributed by atoms with Gasteiger partial charge in [-0.05, 0) is 36.6 Å². The fraction of sp³-hybridized carbons (Fsp3) is 0.538. The van der Waals surface area contributed by atoms with Gasteiger partial charge in [-0.3, -0.25) is 0 Å². The molecule has 0 saturated heterocycles. The third-order valence-corrected chi connectivity index (χ3v) is 4.05. The van der Waals surface area contributed by atoms with E-state index in [1.165, 1.54) is 19.3 Å². The van der Waals surface area contributed by atoms with Crippen molar-refractivity contribution in [3.8, 4) is 5.75 Å². The Kier molecular flexibility index (Phi) is 3.41. The molecule has 0 unspecified atom stereocenters. The summed E-state index contributed by atoms with van der Waals surface area (Å²) < 4.78 is 0. The van der Waals surface area contributed by atoms with E-state index in [4.69, 9.17) is 17.3 Å². The second-order valence-corrected chi connectivity index (χ2v) is 5.12. The Morgan fingerprint density at radius 2 is 1.94 bits per heavy atom. The Morgan fingerprint density at radius 3 is 2.56 bits per heavy atom. The molecule has 1 aliphatic carbocycles. The molecule has 3 N–H and O–H groups in total. The van der Waals surface area contributed by atoms with E-state index in [0.29, 0.717) is 6.54 Å². The molecule has 0 aliphatic heterocycles. The molecule has 0 bridgehead atoms. The first-order valence-electron chi connectivity index (χ1n) is 5.87. The maximum absolute atomic E-state index is 9.58. The fourth-order valence-corrected chi connectivity index (χ4v) is 3.05. The largest absolute Gasteiger partial charge is 0.508 e. The molecule has 0 atom stereocenters. The van der Waals surface area contributed by atoms with Crippen LogP contribution in [0.2, 0.25) is 5.02 Å². The van der Waals surface area contributed by atoms with E-state index in [0.717, 1.165) is 23.4 Å². The lowest BCUT2D eigenvalue weighted by atomic mass is 9.69. The maximum atomic E-state index is 9.58. The Bertz CT molecular complexity index is 372. The summed E-state index contributed by atoms with van der Waals surface area (Å²) in [6, 6.07) is 5.16. The molecule has 2 nitrogen and oxygen atoms in total. The van der Waals surface area contributed by atoms with E-state index < -0.39 is 0 Å². The molecule has 0 radical (unpaired) electrons. The normalized spacial score (nSPS) is 19.6. The van der Waals surface area contributed by atoms with Crippen LogP contribution in [-0.4, -0.2) is 11.7 Å². The summed E-state index contributed by atoms with van der Waals surface area (Å²) >= 11 is 6.23. The molecule has 1 saturated carbocycles. The number of aromatic hydroxyl groups is 1. The summed E-state index contributed by atoms with van der Waals surface area (Å²) in [6.07, 6.45) is 5.82. The lowest BCUT2D eigenvalue weighted by Crippen LogP contribution is -2.37. The van der Waals surface area contributed by atoms with Crippen LogP contribution in [0, 0.1) is 0 Å². The molecular formula is C13H18ClNO. The van der Waals surface area contributed by atoms with E-state index >= 15 is 0 Å². The van der Waals surface area contributed by atoms with Crippen LogP contribution in [0.1, 0.15) is 37.7 Å². The Labute approximate surface area is 101 Å². The number of nitrogens with two attached hydrogens (primary N) is 1. The predicted molar refractivity (Wildman–Crippen MR) is 66.9 cm³/mol. The number of phenols is 1. The van der Waals surface area contributed by atoms with E-state index in [9.17, 15) is 5.11 Å². The van der Waals surface area contributed by atoms with Gasteiger partial charge in [0.15, 0.2) is 0 Å². The van der Waals surface area contributed by atoms with E-state index in [-0.39, 0.29) is 11.2 Å². The first-order chi connectivity index (χ1) is 7.68. The average Bonchev–Trinajstić information content (AvgIpc) is 2.33. The number of rotatable bonds is 2. The molecule has 2 rings (SSSR count). The predicted octanol–water partition coefficient (Wildman–Crippen LogP) is 3.21. The second kappa shape index (κ2) is 4.64. The average molecular weight is 240 g/mol. The molecule has 16 heavy (non-hydrogen) atoms. The van der Waals surface area contributed by atoms with E-state index in [1.54, 1.807) is 18.2 Å². The van der Waals surface area contributed by atoms with E-state index in [2.05, 4.69) is 0 Å². The van der Waals surface area contributed by atoms with Crippen molar-refractivity contribution in [2.24, 2.45) is 5.73 Å². The van der Waals surface area contributed by atoms with Crippen LogP contribution in [0.25, 0.3) is 0 Å². The number of halogens is 1. The molecule has 1 fully saturated rings. The van der Waals surface area contributed by atoms with Gasteiger partial charge in [-0.25, -0.2) is 0 Å². The quantitative estimate of drug-likeness (QED) is 0.833. The first kappa shape index (κ1) is 11.7. The van der Waals surface area contributed by atoms with E-state index in [1.807, 2.05) is 0 Å². The monoisotopic (exact) mass is 239 g/mol. The highest BCUT2D eigenvalue weighted by atomic mass is 35.5. The highest BCUT2D eigenvalue weighted by Gasteiger charge is 2.34. The van der Waals surface area contributed by atoms with Crippen molar-refractivity contribution in [2.45, 2.75) is 37.5 Å². The van der Waals surface area contributed by atoms with Gasteiger partial charge in [0, 0.05) is 17.0 Å². The Hall–Kier alpha value is -0.730. The van der Waals surface area contributed by atoms with Crippen molar-refractivity contribution in [3.05, 3.63) is 28.8 Å². The van der Waals surface area contributed by atoms with Crippen LogP contribution in [0.3, 0.4) is 0 Å². The molecule has 3 heteroatoms. The zero-order valence-electron chi connectivity index (χ0n) is 9.38. The van der Waals surface area contributed by atoms with Gasteiger partial charge in [-0.2, -0.15) is 0 Å². The standard InChI is InChI=1S/C13H18ClNO/c14-12-5-4-10(16)8-11(12)13(9-15)6-2-1-3-7-13/h4-5,8,16H,1-3,6-7,9,15H2.